The van der Waals surface area contributed by atoms with Gasteiger partial charge in [0.25, 0.3) is 11.8 Å². The maximum absolute atomic E-state index is 13.2. The Kier molecular flexibility index (Phi) is 7.60. The van der Waals surface area contributed by atoms with Crippen molar-refractivity contribution < 1.29 is 14.4 Å². The number of rotatable bonds is 8. The van der Waals surface area contributed by atoms with E-state index in [0.29, 0.717) is 38.3 Å². The first-order valence-corrected chi connectivity index (χ1v) is 12.0. The third-order valence-corrected chi connectivity index (χ3v) is 6.11. The number of aryl methyl sites for hydroxylation is 2. The summed E-state index contributed by atoms with van der Waals surface area (Å²) in [6, 6.07) is 18.8. The zero-order chi connectivity index (χ0) is 24.8. The third kappa shape index (κ3) is 6.15. The highest BCUT2D eigenvalue weighted by atomic mass is 16.2. The lowest BCUT2D eigenvalue weighted by atomic mass is 10.1. The predicted molar refractivity (Wildman–Crippen MR) is 133 cm³/mol. The number of benzene rings is 2. The minimum Gasteiger partial charge on any atom is -0.354 e. The number of amides is 3. The summed E-state index contributed by atoms with van der Waals surface area (Å²) in [6.07, 6.45) is 1.45. The molecule has 3 aromatic rings. The molecular formula is C27H31N5O3. The third-order valence-electron chi connectivity index (χ3n) is 6.11. The van der Waals surface area contributed by atoms with E-state index in [9.17, 15) is 14.4 Å². The number of carbonyl (C=O) groups is 3. The lowest BCUT2D eigenvalue weighted by Gasteiger charge is -2.20. The summed E-state index contributed by atoms with van der Waals surface area (Å²) in [6.45, 7) is 5.82. The van der Waals surface area contributed by atoms with Crippen LogP contribution in [0.2, 0.25) is 0 Å². The van der Waals surface area contributed by atoms with Crippen molar-refractivity contribution in [2.24, 2.45) is 0 Å². The van der Waals surface area contributed by atoms with E-state index in [4.69, 9.17) is 0 Å². The summed E-state index contributed by atoms with van der Waals surface area (Å²) >= 11 is 0. The Bertz CT molecular complexity index is 1190. The number of nitrogens with zero attached hydrogens (tertiary/aromatic N) is 3. The molecule has 1 unspecified atom stereocenters. The van der Waals surface area contributed by atoms with Crippen molar-refractivity contribution >= 4 is 17.7 Å². The number of nitrogens with one attached hydrogen (secondary N) is 2. The van der Waals surface area contributed by atoms with E-state index in [1.54, 1.807) is 16.5 Å². The molecule has 0 spiro atoms. The van der Waals surface area contributed by atoms with Crippen LogP contribution in [-0.2, 0) is 24.3 Å². The van der Waals surface area contributed by atoms with Crippen LogP contribution in [-0.4, -0.2) is 51.5 Å². The molecule has 1 aromatic heterocycles. The minimum absolute atomic E-state index is 0.134. The van der Waals surface area contributed by atoms with Gasteiger partial charge < -0.3 is 15.5 Å². The molecule has 0 fully saturated rings. The van der Waals surface area contributed by atoms with E-state index < -0.39 is 11.9 Å². The van der Waals surface area contributed by atoms with Gasteiger partial charge in [0.1, 0.15) is 11.7 Å². The van der Waals surface area contributed by atoms with Gasteiger partial charge in [-0.05, 0) is 37.8 Å². The monoisotopic (exact) mass is 473 g/mol. The van der Waals surface area contributed by atoms with Crippen LogP contribution in [0.15, 0.2) is 60.7 Å². The van der Waals surface area contributed by atoms with Crippen LogP contribution in [0.4, 0.5) is 0 Å². The minimum atomic E-state index is -0.728. The fourth-order valence-electron chi connectivity index (χ4n) is 4.07. The molecule has 0 aliphatic carbocycles. The number of aromatic nitrogens is 2. The van der Waals surface area contributed by atoms with Crippen LogP contribution in [0.1, 0.15) is 51.0 Å². The summed E-state index contributed by atoms with van der Waals surface area (Å²) in [5.74, 6) is -0.897. The molecule has 1 aliphatic rings. The van der Waals surface area contributed by atoms with Crippen molar-refractivity contribution in [3.05, 3.63) is 88.7 Å². The Morgan fingerprint density at radius 1 is 1.03 bits per heavy atom. The van der Waals surface area contributed by atoms with Gasteiger partial charge in [0, 0.05) is 32.2 Å². The number of hydrogen-bond donors (Lipinski definition) is 2. The molecular weight excluding hydrogens is 442 g/mol. The van der Waals surface area contributed by atoms with Gasteiger partial charge in [0.2, 0.25) is 5.91 Å². The standard InChI is InChI=1S/C27H31N5O3/c1-19-9-11-22(12-10-19)18-31-15-6-16-32-24(27(31)35)17-23(30-32)26(34)29-20(2)25(33)28-14-13-21-7-4-3-5-8-21/h3-5,7-12,17,20H,6,13-16,18H2,1-2H3,(H,28,33)(H,29,34). The normalized spacial score (nSPS) is 14.1. The van der Waals surface area contributed by atoms with Crippen LogP contribution in [0.5, 0.6) is 0 Å². The van der Waals surface area contributed by atoms with Gasteiger partial charge >= 0.3 is 0 Å². The first-order chi connectivity index (χ1) is 16.9. The molecule has 0 bridgehead atoms. The Morgan fingerprint density at radius 3 is 2.51 bits per heavy atom. The second-order valence-electron chi connectivity index (χ2n) is 8.93. The Labute approximate surface area is 205 Å². The van der Waals surface area contributed by atoms with Crippen LogP contribution < -0.4 is 10.6 Å². The maximum atomic E-state index is 13.2. The summed E-state index contributed by atoms with van der Waals surface area (Å²) in [5.41, 5.74) is 3.88. The Morgan fingerprint density at radius 2 is 1.77 bits per heavy atom. The van der Waals surface area contributed by atoms with Crippen molar-refractivity contribution in [1.82, 2.24) is 25.3 Å². The van der Waals surface area contributed by atoms with Gasteiger partial charge in [0.05, 0.1) is 0 Å². The zero-order valence-electron chi connectivity index (χ0n) is 20.2. The second-order valence-corrected chi connectivity index (χ2v) is 8.93. The van der Waals surface area contributed by atoms with Gasteiger partial charge in [-0.1, -0.05) is 60.2 Å². The smallest absolute Gasteiger partial charge is 0.272 e. The number of carbonyl (C=O) groups excluding carboxylic acids is 3. The lowest BCUT2D eigenvalue weighted by Crippen LogP contribution is -2.45. The molecule has 2 N–H and O–H groups in total. The van der Waals surface area contributed by atoms with Gasteiger partial charge in [-0.15, -0.1) is 0 Å². The summed E-state index contributed by atoms with van der Waals surface area (Å²) in [5, 5.41) is 9.89. The summed E-state index contributed by atoms with van der Waals surface area (Å²) in [7, 11) is 0. The molecule has 0 radical (unpaired) electrons. The number of hydrogen-bond acceptors (Lipinski definition) is 4. The first kappa shape index (κ1) is 24.2. The molecule has 182 valence electrons. The van der Waals surface area contributed by atoms with E-state index in [2.05, 4.69) is 15.7 Å². The van der Waals surface area contributed by atoms with Gasteiger partial charge in [-0.3, -0.25) is 19.1 Å². The van der Waals surface area contributed by atoms with Crippen molar-refractivity contribution in [3.63, 3.8) is 0 Å². The van der Waals surface area contributed by atoms with Crippen molar-refractivity contribution in [2.45, 2.75) is 45.8 Å². The molecule has 3 amide bonds. The quantitative estimate of drug-likeness (QED) is 0.526. The summed E-state index contributed by atoms with van der Waals surface area (Å²) < 4.78 is 1.59. The fraction of sp³-hybridized carbons (Fsp3) is 0.333. The number of fused-ring (bicyclic) bond motifs is 1. The van der Waals surface area contributed by atoms with E-state index in [0.717, 1.165) is 17.5 Å². The van der Waals surface area contributed by atoms with Crippen LogP contribution in [0, 0.1) is 6.92 Å². The van der Waals surface area contributed by atoms with Crippen molar-refractivity contribution in [1.29, 1.82) is 0 Å². The van der Waals surface area contributed by atoms with Crippen molar-refractivity contribution in [2.75, 3.05) is 13.1 Å². The Balaban J connectivity index is 1.34. The van der Waals surface area contributed by atoms with Crippen LogP contribution in [0.25, 0.3) is 0 Å². The van der Waals surface area contributed by atoms with Gasteiger partial charge in [-0.25, -0.2) is 0 Å². The maximum Gasteiger partial charge on any atom is 0.272 e. The summed E-state index contributed by atoms with van der Waals surface area (Å²) in [4.78, 5) is 40.2. The Hall–Kier alpha value is -3.94. The highest BCUT2D eigenvalue weighted by Gasteiger charge is 2.27. The molecule has 4 rings (SSSR count). The van der Waals surface area contributed by atoms with E-state index >= 15 is 0 Å². The average Bonchev–Trinajstić information content (AvgIpc) is 3.23. The molecule has 1 atom stereocenters. The second kappa shape index (κ2) is 11.0. The molecule has 8 heteroatoms. The van der Waals surface area contributed by atoms with Crippen molar-refractivity contribution in [3.8, 4) is 0 Å². The highest BCUT2D eigenvalue weighted by molar-refractivity contribution is 5.99. The van der Waals surface area contributed by atoms with Crippen LogP contribution >= 0.6 is 0 Å². The van der Waals surface area contributed by atoms with Crippen LogP contribution in [0.3, 0.4) is 0 Å². The largest absolute Gasteiger partial charge is 0.354 e. The predicted octanol–water partition coefficient (Wildman–Crippen LogP) is 2.71. The highest BCUT2D eigenvalue weighted by Crippen LogP contribution is 2.17. The topological polar surface area (TPSA) is 96.3 Å². The molecule has 0 saturated carbocycles. The molecule has 2 heterocycles. The van der Waals surface area contributed by atoms with E-state index in [1.165, 1.54) is 11.6 Å². The van der Waals surface area contributed by atoms with E-state index in [-0.39, 0.29) is 17.5 Å². The van der Waals surface area contributed by atoms with Gasteiger partial charge in [0.15, 0.2) is 5.69 Å². The van der Waals surface area contributed by atoms with Gasteiger partial charge in [-0.2, -0.15) is 5.10 Å². The fourth-order valence-corrected chi connectivity index (χ4v) is 4.07. The first-order valence-electron chi connectivity index (χ1n) is 12.0. The molecule has 2 aromatic carbocycles. The zero-order valence-corrected chi connectivity index (χ0v) is 20.2. The lowest BCUT2D eigenvalue weighted by molar-refractivity contribution is -0.122. The van der Waals surface area contributed by atoms with E-state index in [1.807, 2.05) is 61.5 Å². The molecule has 1 aliphatic heterocycles. The SMILES string of the molecule is Cc1ccc(CN2CCCn3nc(C(=O)NC(C)C(=O)NCCc4ccccc4)cc3C2=O)cc1. The molecule has 8 nitrogen and oxygen atoms in total. The average molecular weight is 474 g/mol. The molecule has 35 heavy (non-hydrogen) atoms. The molecule has 0 saturated heterocycles.